The minimum absolute atomic E-state index is 0.182. The summed E-state index contributed by atoms with van der Waals surface area (Å²) in [6.45, 7) is 7.73. The fraction of sp³-hybridized carbons (Fsp3) is 0.607. The van der Waals surface area contributed by atoms with E-state index >= 15 is 0 Å². The zero-order chi connectivity index (χ0) is 24.1. The van der Waals surface area contributed by atoms with Gasteiger partial charge in [0.1, 0.15) is 6.04 Å². The summed E-state index contributed by atoms with van der Waals surface area (Å²) >= 11 is 0. The third-order valence-corrected chi connectivity index (χ3v) is 7.45. The highest BCUT2D eigenvalue weighted by Gasteiger charge is 2.51. The fourth-order valence-corrected chi connectivity index (χ4v) is 5.53. The van der Waals surface area contributed by atoms with Crippen LogP contribution < -0.4 is 5.32 Å². The number of carbonyl (C=O) groups excluding carboxylic acids is 3. The van der Waals surface area contributed by atoms with E-state index in [1.165, 1.54) is 49.2 Å². The van der Waals surface area contributed by atoms with Crippen LogP contribution in [0.25, 0.3) is 0 Å². The molecule has 6 heteroatoms. The van der Waals surface area contributed by atoms with Crippen molar-refractivity contribution in [2.75, 3.05) is 13.1 Å². The van der Waals surface area contributed by atoms with Gasteiger partial charge in [-0.15, -0.1) is 0 Å². The smallest absolute Gasteiger partial charge is 0.243 e. The summed E-state index contributed by atoms with van der Waals surface area (Å²) in [6, 6.07) is 7.67. The Balaban J connectivity index is 1.36. The molecule has 3 amide bonds. The molecule has 3 aliphatic rings. The van der Waals surface area contributed by atoms with Crippen LogP contribution in [-0.4, -0.2) is 46.7 Å². The van der Waals surface area contributed by atoms with Gasteiger partial charge in [0.05, 0.1) is 11.8 Å². The van der Waals surface area contributed by atoms with Crippen molar-refractivity contribution in [3.8, 4) is 0 Å². The van der Waals surface area contributed by atoms with E-state index in [4.69, 9.17) is 0 Å². The first kappa shape index (κ1) is 24.6. The topological polar surface area (TPSA) is 69.7 Å². The van der Waals surface area contributed by atoms with E-state index in [1.807, 2.05) is 26.0 Å². The van der Waals surface area contributed by atoms with E-state index in [-0.39, 0.29) is 35.5 Å². The number of carbonyl (C=O) groups is 3. The van der Waals surface area contributed by atoms with Crippen molar-refractivity contribution in [1.29, 1.82) is 0 Å². The monoisotopic (exact) mass is 465 g/mol. The minimum atomic E-state index is -0.743. The Morgan fingerprint density at radius 1 is 0.912 bits per heavy atom. The van der Waals surface area contributed by atoms with Gasteiger partial charge in [0.15, 0.2) is 0 Å². The van der Waals surface area contributed by atoms with Crippen LogP contribution in [0.15, 0.2) is 36.4 Å². The SMILES string of the molecule is CC(C)CC(C(=O)NCc1ccc(CN2CCCCCC2)cc1)N1C(=O)C2CC=CCC2C1=O. The number of imide groups is 1. The van der Waals surface area contributed by atoms with Gasteiger partial charge in [0.2, 0.25) is 17.7 Å². The molecule has 2 fully saturated rings. The number of amides is 3. The lowest BCUT2D eigenvalue weighted by molar-refractivity contribution is -0.148. The molecule has 0 saturated carbocycles. The van der Waals surface area contributed by atoms with Crippen molar-refractivity contribution in [3.05, 3.63) is 47.5 Å². The summed E-state index contributed by atoms with van der Waals surface area (Å²) in [4.78, 5) is 43.1. The van der Waals surface area contributed by atoms with Gasteiger partial charge in [0.25, 0.3) is 0 Å². The molecule has 0 bridgehead atoms. The summed E-state index contributed by atoms with van der Waals surface area (Å²) < 4.78 is 0. The van der Waals surface area contributed by atoms with Crippen LogP contribution in [0.5, 0.6) is 0 Å². The van der Waals surface area contributed by atoms with E-state index in [0.29, 0.717) is 25.8 Å². The second-order valence-electron chi connectivity index (χ2n) is 10.6. The molecule has 3 atom stereocenters. The van der Waals surface area contributed by atoms with Gasteiger partial charge in [-0.2, -0.15) is 0 Å². The largest absolute Gasteiger partial charge is 0.350 e. The molecule has 2 saturated heterocycles. The van der Waals surface area contributed by atoms with Crippen molar-refractivity contribution in [1.82, 2.24) is 15.1 Å². The lowest BCUT2D eigenvalue weighted by Gasteiger charge is -2.27. The molecule has 1 N–H and O–H groups in total. The predicted octanol–water partition coefficient (Wildman–Crippen LogP) is 4.04. The molecule has 2 aliphatic heterocycles. The van der Waals surface area contributed by atoms with Gasteiger partial charge in [-0.1, -0.05) is 63.1 Å². The first-order chi connectivity index (χ1) is 16.4. The Morgan fingerprint density at radius 2 is 1.47 bits per heavy atom. The van der Waals surface area contributed by atoms with E-state index in [0.717, 1.165) is 12.1 Å². The number of likely N-dealkylation sites (tertiary alicyclic amines) is 2. The van der Waals surface area contributed by atoms with E-state index in [9.17, 15) is 14.4 Å². The molecule has 1 aromatic rings. The maximum Gasteiger partial charge on any atom is 0.243 e. The summed E-state index contributed by atoms with van der Waals surface area (Å²) in [7, 11) is 0. The molecule has 6 nitrogen and oxygen atoms in total. The Labute approximate surface area is 203 Å². The number of nitrogens with zero attached hydrogens (tertiary/aromatic N) is 2. The van der Waals surface area contributed by atoms with Crippen LogP contribution in [0.4, 0.5) is 0 Å². The van der Waals surface area contributed by atoms with Crippen LogP contribution in [0.1, 0.15) is 69.9 Å². The standard InChI is InChI=1S/C28H39N3O3/c1-20(2)17-25(31-27(33)23-9-5-6-10-24(23)28(31)34)26(32)29-18-21-11-13-22(14-12-21)19-30-15-7-3-4-8-16-30/h5-6,11-14,20,23-25H,3-4,7-10,15-19H2,1-2H3,(H,29,32). The van der Waals surface area contributed by atoms with E-state index in [2.05, 4.69) is 34.5 Å². The molecular formula is C28H39N3O3. The molecule has 2 heterocycles. The molecule has 3 unspecified atom stereocenters. The van der Waals surface area contributed by atoms with Gasteiger partial charge in [-0.05, 0) is 62.2 Å². The van der Waals surface area contributed by atoms with Crippen molar-refractivity contribution >= 4 is 17.7 Å². The number of fused-ring (bicyclic) bond motifs is 1. The number of rotatable bonds is 8. The van der Waals surface area contributed by atoms with Crippen molar-refractivity contribution in [2.45, 2.75) is 77.9 Å². The van der Waals surface area contributed by atoms with Gasteiger partial charge in [0, 0.05) is 13.1 Å². The van der Waals surface area contributed by atoms with Crippen LogP contribution in [0.3, 0.4) is 0 Å². The molecule has 184 valence electrons. The highest BCUT2D eigenvalue weighted by molar-refractivity contribution is 6.08. The summed E-state index contributed by atoms with van der Waals surface area (Å²) in [5.74, 6) is -1.03. The average Bonchev–Trinajstić information content (AvgIpc) is 2.99. The van der Waals surface area contributed by atoms with Crippen LogP contribution in [0.2, 0.25) is 0 Å². The molecule has 0 radical (unpaired) electrons. The van der Waals surface area contributed by atoms with Gasteiger partial charge >= 0.3 is 0 Å². The third-order valence-electron chi connectivity index (χ3n) is 7.45. The minimum Gasteiger partial charge on any atom is -0.350 e. The predicted molar refractivity (Wildman–Crippen MR) is 132 cm³/mol. The number of allylic oxidation sites excluding steroid dienone is 2. The molecular weight excluding hydrogens is 426 g/mol. The second kappa shape index (κ2) is 11.3. The number of hydrogen-bond acceptors (Lipinski definition) is 4. The van der Waals surface area contributed by atoms with Gasteiger partial charge < -0.3 is 5.32 Å². The average molecular weight is 466 g/mol. The number of hydrogen-bond donors (Lipinski definition) is 1. The van der Waals surface area contributed by atoms with Crippen LogP contribution >= 0.6 is 0 Å². The van der Waals surface area contributed by atoms with Gasteiger partial charge in [-0.3, -0.25) is 24.2 Å². The lowest BCUT2D eigenvalue weighted by atomic mass is 9.85. The number of benzene rings is 1. The zero-order valence-corrected chi connectivity index (χ0v) is 20.7. The molecule has 0 spiro atoms. The first-order valence-electron chi connectivity index (χ1n) is 13.0. The molecule has 1 aliphatic carbocycles. The van der Waals surface area contributed by atoms with Crippen molar-refractivity contribution < 1.29 is 14.4 Å². The fourth-order valence-electron chi connectivity index (χ4n) is 5.53. The van der Waals surface area contributed by atoms with E-state index in [1.54, 1.807) is 0 Å². The number of nitrogens with one attached hydrogen (secondary N) is 1. The quantitative estimate of drug-likeness (QED) is 0.465. The maximum atomic E-state index is 13.2. The molecule has 4 rings (SSSR count). The van der Waals surface area contributed by atoms with E-state index < -0.39 is 6.04 Å². The highest BCUT2D eigenvalue weighted by Crippen LogP contribution is 2.37. The Kier molecular flexibility index (Phi) is 8.19. The molecule has 34 heavy (non-hydrogen) atoms. The van der Waals surface area contributed by atoms with Crippen molar-refractivity contribution in [2.24, 2.45) is 17.8 Å². The van der Waals surface area contributed by atoms with Crippen molar-refractivity contribution in [3.63, 3.8) is 0 Å². The lowest BCUT2D eigenvalue weighted by Crippen LogP contribution is -2.50. The Morgan fingerprint density at radius 3 is 2.03 bits per heavy atom. The Hall–Kier alpha value is -2.47. The van der Waals surface area contributed by atoms with Crippen LogP contribution in [-0.2, 0) is 27.5 Å². The van der Waals surface area contributed by atoms with Crippen LogP contribution in [0, 0.1) is 17.8 Å². The maximum absolute atomic E-state index is 13.2. The second-order valence-corrected chi connectivity index (χ2v) is 10.6. The summed E-state index contributed by atoms with van der Waals surface area (Å²) in [6.07, 6.45) is 10.8. The summed E-state index contributed by atoms with van der Waals surface area (Å²) in [5.41, 5.74) is 2.31. The molecule has 1 aromatic carbocycles. The third kappa shape index (κ3) is 5.77. The molecule has 0 aromatic heterocycles. The summed E-state index contributed by atoms with van der Waals surface area (Å²) in [5, 5.41) is 3.00. The first-order valence-corrected chi connectivity index (χ1v) is 13.0. The zero-order valence-electron chi connectivity index (χ0n) is 20.7. The highest BCUT2D eigenvalue weighted by atomic mass is 16.2. The van der Waals surface area contributed by atoms with Gasteiger partial charge in [-0.25, -0.2) is 0 Å². The normalized spacial score (nSPS) is 24.3. The Bertz CT molecular complexity index is 874.